The van der Waals surface area contributed by atoms with Crippen LogP contribution in [-0.2, 0) is 10.0 Å². The number of nitrogens with one attached hydrogen (secondary N) is 2. The number of carbonyl (C=O) groups is 1. The number of benzene rings is 2. The predicted octanol–water partition coefficient (Wildman–Crippen LogP) is 2.41. The number of amides is 1. The second-order valence-corrected chi connectivity index (χ2v) is 8.78. The zero-order valence-electron chi connectivity index (χ0n) is 16.7. The van der Waals surface area contributed by atoms with Crippen LogP contribution in [0.25, 0.3) is 0 Å². The summed E-state index contributed by atoms with van der Waals surface area (Å²) in [4.78, 5) is 12.6. The number of nitriles is 1. The number of sulfonamides is 1. The maximum absolute atomic E-state index is 13.6. The highest BCUT2D eigenvalue weighted by atomic mass is 32.2. The molecule has 0 bridgehead atoms. The van der Waals surface area contributed by atoms with Gasteiger partial charge in [0.05, 0.1) is 10.6 Å². The Balaban J connectivity index is 2.10. The van der Waals surface area contributed by atoms with E-state index in [1.807, 2.05) is 0 Å². The van der Waals surface area contributed by atoms with Gasteiger partial charge in [-0.15, -0.1) is 0 Å². The Bertz CT molecular complexity index is 1080. The number of rotatable bonds is 7. The highest BCUT2D eigenvalue weighted by Gasteiger charge is 2.22. The normalized spacial score (nSPS) is 11.2. The van der Waals surface area contributed by atoms with E-state index < -0.39 is 21.7 Å². The zero-order chi connectivity index (χ0) is 21.8. The molecule has 1 amide bonds. The van der Waals surface area contributed by atoms with Crippen LogP contribution in [0.2, 0.25) is 0 Å². The van der Waals surface area contributed by atoms with E-state index in [1.54, 1.807) is 32.0 Å². The van der Waals surface area contributed by atoms with Crippen molar-refractivity contribution in [1.29, 1.82) is 5.26 Å². The molecule has 0 spiro atoms. The Morgan fingerprint density at radius 1 is 1.21 bits per heavy atom. The van der Waals surface area contributed by atoms with Gasteiger partial charge in [-0.3, -0.25) is 4.79 Å². The van der Waals surface area contributed by atoms with Gasteiger partial charge in [-0.1, -0.05) is 6.07 Å². The summed E-state index contributed by atoms with van der Waals surface area (Å²) in [5.41, 5.74) is 1.76. The molecule has 2 rings (SSSR count). The molecule has 0 aromatic heterocycles. The predicted molar refractivity (Wildman–Crippen MR) is 109 cm³/mol. The lowest BCUT2D eigenvalue weighted by Crippen LogP contribution is -2.29. The van der Waals surface area contributed by atoms with Gasteiger partial charge in [0.2, 0.25) is 10.0 Å². The minimum atomic E-state index is -3.68. The van der Waals surface area contributed by atoms with Gasteiger partial charge in [-0.25, -0.2) is 17.1 Å². The molecule has 0 heterocycles. The van der Waals surface area contributed by atoms with E-state index in [0.29, 0.717) is 16.8 Å². The molecule has 0 radical (unpaired) electrons. The fraction of sp³-hybridized carbons (Fsp3) is 0.300. The molecule has 0 aliphatic carbocycles. The molecule has 0 fully saturated rings. The van der Waals surface area contributed by atoms with Crippen LogP contribution in [0.4, 0.5) is 10.1 Å². The van der Waals surface area contributed by atoms with E-state index in [4.69, 9.17) is 5.26 Å². The summed E-state index contributed by atoms with van der Waals surface area (Å²) >= 11 is 0. The molecule has 0 saturated heterocycles. The van der Waals surface area contributed by atoms with Crippen molar-refractivity contribution in [2.45, 2.75) is 18.7 Å². The standard InChI is InChI=1S/C20H23FN4O3S/c1-13-10-15(11-19(14(13)2)29(27,28)25(3)4)20(26)24-9-8-23-18-7-5-6-17(21)16(18)12-22/h5-7,10-11,23H,8-9H2,1-4H3,(H,24,26). The number of halogens is 1. The van der Waals surface area contributed by atoms with Gasteiger partial charge >= 0.3 is 0 Å². The third-order valence-corrected chi connectivity index (χ3v) is 6.43. The molecule has 0 aliphatic heterocycles. The van der Waals surface area contributed by atoms with E-state index in [-0.39, 0.29) is 29.1 Å². The minimum absolute atomic E-state index is 0.0872. The van der Waals surface area contributed by atoms with E-state index in [9.17, 15) is 17.6 Å². The second-order valence-electron chi connectivity index (χ2n) is 6.66. The first-order valence-corrected chi connectivity index (χ1v) is 10.3. The van der Waals surface area contributed by atoms with Crippen molar-refractivity contribution in [3.63, 3.8) is 0 Å². The Morgan fingerprint density at radius 2 is 1.90 bits per heavy atom. The number of nitrogens with zero attached hydrogens (tertiary/aromatic N) is 2. The van der Waals surface area contributed by atoms with E-state index in [1.165, 1.54) is 32.3 Å². The summed E-state index contributed by atoms with van der Waals surface area (Å²) in [6.07, 6.45) is 0. The highest BCUT2D eigenvalue weighted by Crippen LogP contribution is 2.23. The molecule has 7 nitrogen and oxygen atoms in total. The van der Waals surface area contributed by atoms with Crippen LogP contribution in [0.5, 0.6) is 0 Å². The summed E-state index contributed by atoms with van der Waals surface area (Å²) in [6.45, 7) is 3.90. The smallest absolute Gasteiger partial charge is 0.251 e. The number of carbonyl (C=O) groups excluding carboxylic acids is 1. The topological polar surface area (TPSA) is 102 Å². The maximum atomic E-state index is 13.6. The van der Waals surface area contributed by atoms with E-state index in [2.05, 4.69) is 10.6 Å². The van der Waals surface area contributed by atoms with E-state index >= 15 is 0 Å². The molecule has 0 saturated carbocycles. The van der Waals surface area contributed by atoms with Gasteiger partial charge in [-0.2, -0.15) is 5.26 Å². The third kappa shape index (κ3) is 4.91. The molecule has 9 heteroatoms. The average molecular weight is 418 g/mol. The summed E-state index contributed by atoms with van der Waals surface area (Å²) in [5, 5.41) is 14.6. The number of hydrogen-bond donors (Lipinski definition) is 2. The van der Waals surface area contributed by atoms with Gasteiger partial charge in [0.1, 0.15) is 17.4 Å². The first-order chi connectivity index (χ1) is 13.6. The summed E-state index contributed by atoms with van der Waals surface area (Å²) < 4.78 is 39.7. The van der Waals surface area contributed by atoms with Crippen molar-refractivity contribution in [2.24, 2.45) is 0 Å². The molecule has 2 aromatic carbocycles. The van der Waals surface area contributed by atoms with Crippen molar-refractivity contribution < 1.29 is 17.6 Å². The summed E-state index contributed by atoms with van der Waals surface area (Å²) in [5.74, 6) is -1.05. The van der Waals surface area contributed by atoms with Crippen LogP contribution in [0.1, 0.15) is 27.0 Å². The molecule has 154 valence electrons. The fourth-order valence-corrected chi connectivity index (χ4v) is 3.90. The van der Waals surface area contributed by atoms with Gasteiger partial charge in [0.25, 0.3) is 5.91 Å². The monoisotopic (exact) mass is 418 g/mol. The van der Waals surface area contributed by atoms with Gasteiger partial charge in [-0.05, 0) is 49.2 Å². The van der Waals surface area contributed by atoms with Crippen LogP contribution < -0.4 is 10.6 Å². The second kappa shape index (κ2) is 9.03. The lowest BCUT2D eigenvalue weighted by atomic mass is 10.1. The van der Waals surface area contributed by atoms with Crippen molar-refractivity contribution >= 4 is 21.6 Å². The van der Waals surface area contributed by atoms with Crippen LogP contribution >= 0.6 is 0 Å². The lowest BCUT2D eigenvalue weighted by molar-refractivity contribution is 0.0955. The number of aryl methyl sites for hydroxylation is 1. The van der Waals surface area contributed by atoms with Crippen LogP contribution in [0, 0.1) is 31.0 Å². The Kier molecular flexibility index (Phi) is 6.95. The van der Waals surface area contributed by atoms with Crippen LogP contribution in [0.3, 0.4) is 0 Å². The molecule has 0 aliphatic rings. The quantitative estimate of drug-likeness (QED) is 0.673. The van der Waals surface area contributed by atoms with Gasteiger partial charge in [0.15, 0.2) is 0 Å². The molecule has 2 aromatic rings. The van der Waals surface area contributed by atoms with Crippen molar-refractivity contribution in [1.82, 2.24) is 9.62 Å². The Labute approximate surface area is 170 Å². The highest BCUT2D eigenvalue weighted by molar-refractivity contribution is 7.89. The SMILES string of the molecule is Cc1cc(C(=O)NCCNc2cccc(F)c2C#N)cc(S(=O)(=O)N(C)C)c1C. The number of hydrogen-bond acceptors (Lipinski definition) is 5. The van der Waals surface area contributed by atoms with Crippen molar-refractivity contribution in [3.05, 3.63) is 58.4 Å². The molecular formula is C20H23FN4O3S. The Hall–Kier alpha value is -2.96. The summed E-state index contributed by atoms with van der Waals surface area (Å²) in [7, 11) is -0.814. The van der Waals surface area contributed by atoms with Crippen LogP contribution in [-0.4, -0.2) is 45.8 Å². The lowest BCUT2D eigenvalue weighted by Gasteiger charge is -2.16. The first kappa shape index (κ1) is 22.3. The number of anilines is 1. The van der Waals surface area contributed by atoms with E-state index in [0.717, 1.165) is 4.31 Å². The molecular weight excluding hydrogens is 395 g/mol. The Morgan fingerprint density at radius 3 is 2.52 bits per heavy atom. The zero-order valence-corrected chi connectivity index (χ0v) is 17.5. The van der Waals surface area contributed by atoms with Crippen molar-refractivity contribution in [2.75, 3.05) is 32.5 Å². The fourth-order valence-electron chi connectivity index (χ4n) is 2.68. The molecule has 0 unspecified atom stereocenters. The van der Waals surface area contributed by atoms with Gasteiger partial charge in [0, 0.05) is 32.7 Å². The van der Waals surface area contributed by atoms with Crippen LogP contribution in [0.15, 0.2) is 35.2 Å². The molecule has 29 heavy (non-hydrogen) atoms. The average Bonchev–Trinajstić information content (AvgIpc) is 2.66. The van der Waals surface area contributed by atoms with Gasteiger partial charge < -0.3 is 10.6 Å². The molecule has 0 atom stereocenters. The third-order valence-electron chi connectivity index (χ3n) is 4.49. The first-order valence-electron chi connectivity index (χ1n) is 8.84. The largest absolute Gasteiger partial charge is 0.382 e. The maximum Gasteiger partial charge on any atom is 0.251 e. The summed E-state index contributed by atoms with van der Waals surface area (Å²) in [6, 6.07) is 9.05. The van der Waals surface area contributed by atoms with Crippen molar-refractivity contribution in [3.8, 4) is 6.07 Å². The molecule has 2 N–H and O–H groups in total. The minimum Gasteiger partial charge on any atom is -0.382 e.